The zero-order chi connectivity index (χ0) is 22.0. The van der Waals surface area contributed by atoms with Gasteiger partial charge in [-0.15, -0.1) is 0 Å². The molecule has 156 valence electrons. The minimum Gasteiger partial charge on any atom is -0.218 e. The van der Waals surface area contributed by atoms with E-state index < -0.39 is 23.6 Å². The Morgan fingerprint density at radius 1 is 0.793 bits per heavy atom. The molecule has 0 saturated carbocycles. The summed E-state index contributed by atoms with van der Waals surface area (Å²) in [7, 11) is 0.466. The lowest BCUT2D eigenvalue weighted by Gasteiger charge is -2.31. The summed E-state index contributed by atoms with van der Waals surface area (Å²) in [5.74, 6) is -0.386. The first-order chi connectivity index (χ1) is 13.3. The Bertz CT molecular complexity index is 823. The second-order valence-electron chi connectivity index (χ2n) is 7.19. The van der Waals surface area contributed by atoms with E-state index in [4.69, 9.17) is 0 Å². The van der Waals surface area contributed by atoms with Gasteiger partial charge in [-0.1, -0.05) is 86.2 Å². The van der Waals surface area contributed by atoms with Gasteiger partial charge in [0.15, 0.2) is 0 Å². The summed E-state index contributed by atoms with van der Waals surface area (Å²) < 4.78 is 92.4. The van der Waals surface area contributed by atoms with Crippen molar-refractivity contribution in [2.75, 3.05) is 0 Å². The first kappa shape index (κ1) is 23.0. The highest BCUT2D eigenvalue weighted by atomic mass is 19.4. The molecule has 2 aromatic rings. The Labute approximate surface area is 165 Å². The maximum Gasteiger partial charge on any atom is 0.435 e. The van der Waals surface area contributed by atoms with Gasteiger partial charge in [-0.3, -0.25) is 0 Å². The van der Waals surface area contributed by atoms with Crippen LogP contribution in [0.3, 0.4) is 0 Å². The average Bonchev–Trinajstić information content (AvgIpc) is 2.65. The smallest absolute Gasteiger partial charge is 0.218 e. The molecule has 0 nitrogen and oxygen atoms in total. The van der Waals surface area contributed by atoms with Crippen LogP contribution in [0.4, 0.5) is 30.7 Å². The fourth-order valence-corrected chi connectivity index (χ4v) is 3.31. The predicted octanol–water partition coefficient (Wildman–Crippen LogP) is 6.88. The summed E-state index contributed by atoms with van der Waals surface area (Å²) in [5, 5.41) is 0. The second-order valence-corrected chi connectivity index (χ2v) is 7.19. The molecule has 2 atom stereocenters. The van der Waals surface area contributed by atoms with Crippen molar-refractivity contribution in [2.45, 2.75) is 43.5 Å². The van der Waals surface area contributed by atoms with Gasteiger partial charge in [-0.2, -0.15) is 26.3 Å². The molecule has 0 bridgehead atoms. The van der Waals surface area contributed by atoms with Gasteiger partial charge in [0, 0.05) is 5.56 Å². The fourth-order valence-electron chi connectivity index (χ4n) is 3.31. The van der Waals surface area contributed by atoms with Crippen molar-refractivity contribution >= 4 is 13.4 Å². The summed E-state index contributed by atoms with van der Waals surface area (Å²) in [6.45, 7) is 7.27. The Kier molecular flexibility index (Phi) is 6.55. The number of hydrogen-bond donors (Lipinski definition) is 0. The third-order valence-corrected chi connectivity index (χ3v) is 5.08. The van der Waals surface area contributed by atoms with Crippen LogP contribution >= 0.6 is 0 Å². The molecule has 0 aliphatic carbocycles. The van der Waals surface area contributed by atoms with Gasteiger partial charge in [0.25, 0.3) is 0 Å². The summed E-state index contributed by atoms with van der Waals surface area (Å²) in [6, 6.07) is 11.1. The van der Waals surface area contributed by atoms with Crippen LogP contribution in [0.2, 0.25) is 0 Å². The lowest BCUT2D eigenvalue weighted by molar-refractivity contribution is -0.348. The van der Waals surface area contributed by atoms with E-state index >= 15 is 0 Å². The number of alkyl halides is 7. The molecule has 0 heterocycles. The quantitative estimate of drug-likeness (QED) is 0.356. The summed E-state index contributed by atoms with van der Waals surface area (Å²) in [5.41, 5.74) is -4.75. The van der Waals surface area contributed by atoms with Crippen LogP contribution < -0.4 is 0 Å². The first-order valence-electron chi connectivity index (χ1n) is 8.96. The van der Waals surface area contributed by atoms with E-state index in [-0.39, 0.29) is 17.2 Å². The molecule has 0 spiro atoms. The summed E-state index contributed by atoms with van der Waals surface area (Å²) in [6.07, 6.45) is -10.5. The molecular weight excluding hydrogens is 396 g/mol. The molecule has 0 radical (unpaired) electrons. The average molecular weight is 416 g/mol. The van der Waals surface area contributed by atoms with Crippen molar-refractivity contribution in [3.8, 4) is 0 Å². The fraction of sp³-hybridized carbons (Fsp3) is 0.333. The lowest BCUT2D eigenvalue weighted by atomic mass is 9.52. The largest absolute Gasteiger partial charge is 0.435 e. The molecule has 0 aliphatic rings. The van der Waals surface area contributed by atoms with Gasteiger partial charge in [0.1, 0.15) is 7.28 Å². The third kappa shape index (κ3) is 4.68. The maximum absolute atomic E-state index is 14.3. The minimum absolute atomic E-state index is 0.00659. The van der Waals surface area contributed by atoms with Gasteiger partial charge in [0.2, 0.25) is 0 Å². The maximum atomic E-state index is 14.3. The highest BCUT2D eigenvalue weighted by Gasteiger charge is 2.73. The van der Waals surface area contributed by atoms with E-state index in [9.17, 15) is 30.7 Å². The van der Waals surface area contributed by atoms with E-state index in [1.807, 2.05) is 31.2 Å². The van der Waals surface area contributed by atoms with E-state index in [1.54, 1.807) is 13.0 Å². The Hall–Kier alpha value is -2.25. The molecule has 2 unspecified atom stereocenters. The van der Waals surface area contributed by atoms with Crippen molar-refractivity contribution in [3.05, 3.63) is 77.4 Å². The number of hydrogen-bond acceptors (Lipinski definition) is 0. The van der Waals surface area contributed by atoms with Gasteiger partial charge >= 0.3 is 18.0 Å². The minimum atomic E-state index is -6.12. The molecule has 2 aromatic carbocycles. The Morgan fingerprint density at radius 2 is 1.31 bits per heavy atom. The van der Waals surface area contributed by atoms with Crippen LogP contribution in [0.25, 0.3) is 6.08 Å². The summed E-state index contributed by atoms with van der Waals surface area (Å²) in [4.78, 5) is 0. The van der Waals surface area contributed by atoms with Crippen LogP contribution in [0, 0.1) is 0 Å². The Balaban J connectivity index is 2.30. The van der Waals surface area contributed by atoms with Crippen LogP contribution in [-0.2, 0) is 5.67 Å². The van der Waals surface area contributed by atoms with Crippen molar-refractivity contribution in [1.29, 1.82) is 0 Å². The highest BCUT2D eigenvalue weighted by Crippen LogP contribution is 2.53. The molecule has 29 heavy (non-hydrogen) atoms. The third-order valence-electron chi connectivity index (χ3n) is 5.08. The number of rotatable bonds is 6. The van der Waals surface area contributed by atoms with Crippen molar-refractivity contribution in [1.82, 2.24) is 0 Å². The van der Waals surface area contributed by atoms with Gasteiger partial charge in [-0.25, -0.2) is 4.39 Å². The van der Waals surface area contributed by atoms with Crippen LogP contribution in [-0.4, -0.2) is 19.6 Å². The topological polar surface area (TPSA) is 0 Å². The van der Waals surface area contributed by atoms with Crippen molar-refractivity contribution < 1.29 is 30.7 Å². The van der Waals surface area contributed by atoms with Gasteiger partial charge < -0.3 is 0 Å². The molecule has 0 saturated heterocycles. The Morgan fingerprint density at radius 3 is 1.79 bits per heavy atom. The molecule has 0 amide bonds. The summed E-state index contributed by atoms with van der Waals surface area (Å²) >= 11 is 0. The molecular formula is C21H20BF7. The number of halogens is 7. The van der Waals surface area contributed by atoms with Crippen LogP contribution in [0.15, 0.2) is 55.1 Å². The lowest BCUT2D eigenvalue weighted by Crippen LogP contribution is -2.50. The standard InChI is InChI=1S/C21H20BF7/c1-4-15-8-10-16(11-9-15)13(2)22-14(3)17-6-5-7-18(12-17)19(23,20(24,25)26)21(27,28)29/h4-14,22H,1H2,2-3H3. The molecule has 0 aromatic heterocycles. The molecule has 0 fully saturated rings. The van der Waals surface area contributed by atoms with Crippen molar-refractivity contribution in [3.63, 3.8) is 0 Å². The zero-order valence-corrected chi connectivity index (χ0v) is 15.9. The molecule has 2 rings (SSSR count). The molecule has 0 aliphatic heterocycles. The normalized spacial score (nSPS) is 14.9. The van der Waals surface area contributed by atoms with E-state index in [0.717, 1.165) is 17.2 Å². The van der Waals surface area contributed by atoms with Gasteiger partial charge in [-0.05, 0) is 17.2 Å². The molecule has 0 N–H and O–H groups in total. The molecule has 8 heteroatoms. The highest BCUT2D eigenvalue weighted by molar-refractivity contribution is 6.39. The predicted molar refractivity (Wildman–Crippen MR) is 102 cm³/mol. The van der Waals surface area contributed by atoms with Crippen LogP contribution in [0.1, 0.15) is 47.7 Å². The zero-order valence-electron chi connectivity index (χ0n) is 15.9. The second kappa shape index (κ2) is 8.24. The van der Waals surface area contributed by atoms with E-state index in [1.165, 1.54) is 6.07 Å². The van der Waals surface area contributed by atoms with E-state index in [0.29, 0.717) is 19.4 Å². The van der Waals surface area contributed by atoms with Crippen molar-refractivity contribution in [2.24, 2.45) is 0 Å². The monoisotopic (exact) mass is 416 g/mol. The van der Waals surface area contributed by atoms with Gasteiger partial charge in [0.05, 0.1) is 0 Å². The number of benzene rings is 2. The van der Waals surface area contributed by atoms with E-state index in [2.05, 4.69) is 6.58 Å². The van der Waals surface area contributed by atoms with Crippen LogP contribution in [0.5, 0.6) is 0 Å². The first-order valence-corrected chi connectivity index (χ1v) is 8.96. The SMILES string of the molecule is C=Cc1ccc(C(C)BC(C)c2cccc(C(F)(C(F)(F)F)C(F)(F)F)c2)cc1.